The van der Waals surface area contributed by atoms with Crippen LogP contribution in [0.3, 0.4) is 0 Å². The normalized spacial score (nSPS) is 15.5. The lowest BCUT2D eigenvalue weighted by Crippen LogP contribution is -2.35. The fourth-order valence-electron chi connectivity index (χ4n) is 4.21. The first kappa shape index (κ1) is 19.9. The van der Waals surface area contributed by atoms with Crippen molar-refractivity contribution in [1.82, 2.24) is 0 Å². The van der Waals surface area contributed by atoms with E-state index in [0.29, 0.717) is 18.4 Å². The average molecular weight is 433 g/mol. The summed E-state index contributed by atoms with van der Waals surface area (Å²) in [5.41, 5.74) is 1.24. The standard InChI is InChI=1S/C26H21FO3S/c27-22-11-8-18(9-12-22)19-6-7-21-17-23(13-10-20(21)16-19)31(29,30)25-5-2-1-4-24(25)26(28)14-3-15-26/h1-2,4-13,16-17,28H,3,14-15H2. The second kappa shape index (κ2) is 7.29. The minimum Gasteiger partial charge on any atom is -0.385 e. The fourth-order valence-corrected chi connectivity index (χ4v) is 5.79. The Hall–Kier alpha value is -3.02. The van der Waals surface area contributed by atoms with E-state index in [4.69, 9.17) is 0 Å². The van der Waals surface area contributed by atoms with Gasteiger partial charge in [0.15, 0.2) is 0 Å². The Morgan fingerprint density at radius 1 is 0.774 bits per heavy atom. The molecule has 5 rings (SSSR count). The van der Waals surface area contributed by atoms with Gasteiger partial charge in [-0.05, 0) is 77.6 Å². The van der Waals surface area contributed by atoms with Crippen LogP contribution in [-0.4, -0.2) is 13.5 Å². The lowest BCUT2D eigenvalue weighted by molar-refractivity contribution is -0.0412. The molecule has 0 spiro atoms. The molecular weight excluding hydrogens is 411 g/mol. The largest absolute Gasteiger partial charge is 0.385 e. The molecule has 1 aliphatic rings. The molecule has 0 aliphatic heterocycles. The van der Waals surface area contributed by atoms with Crippen molar-refractivity contribution in [2.75, 3.05) is 0 Å². The molecule has 1 aliphatic carbocycles. The third kappa shape index (κ3) is 3.44. The molecule has 1 saturated carbocycles. The van der Waals surface area contributed by atoms with E-state index in [9.17, 15) is 17.9 Å². The van der Waals surface area contributed by atoms with Crippen molar-refractivity contribution in [2.45, 2.75) is 34.7 Å². The maximum atomic E-state index is 13.5. The quantitative estimate of drug-likeness (QED) is 0.440. The molecule has 1 N–H and O–H groups in total. The minimum absolute atomic E-state index is 0.166. The SMILES string of the molecule is O=S(=O)(c1ccc2cc(-c3ccc(F)cc3)ccc2c1)c1ccccc1C1(O)CCC1. The summed E-state index contributed by atoms with van der Waals surface area (Å²) in [5, 5.41) is 12.5. The molecule has 3 nitrogen and oxygen atoms in total. The van der Waals surface area contributed by atoms with Gasteiger partial charge < -0.3 is 5.11 Å². The highest BCUT2D eigenvalue weighted by atomic mass is 32.2. The van der Waals surface area contributed by atoms with Crippen LogP contribution in [0.15, 0.2) is 94.7 Å². The van der Waals surface area contributed by atoms with Gasteiger partial charge in [0, 0.05) is 5.56 Å². The molecule has 0 radical (unpaired) electrons. The zero-order valence-corrected chi connectivity index (χ0v) is 17.6. The molecule has 4 aromatic rings. The zero-order valence-electron chi connectivity index (χ0n) is 16.8. The maximum absolute atomic E-state index is 13.5. The predicted octanol–water partition coefficient (Wildman–Crippen LogP) is 5.85. The van der Waals surface area contributed by atoms with Crippen molar-refractivity contribution in [3.05, 3.63) is 96.3 Å². The van der Waals surface area contributed by atoms with Gasteiger partial charge in [-0.15, -0.1) is 0 Å². The van der Waals surface area contributed by atoms with Gasteiger partial charge in [0.25, 0.3) is 0 Å². The monoisotopic (exact) mass is 432 g/mol. The van der Waals surface area contributed by atoms with Crippen LogP contribution in [0.4, 0.5) is 4.39 Å². The lowest BCUT2D eigenvalue weighted by Gasteiger charge is -2.38. The number of hydrogen-bond donors (Lipinski definition) is 1. The highest BCUT2D eigenvalue weighted by Gasteiger charge is 2.40. The van der Waals surface area contributed by atoms with Crippen LogP contribution in [0.1, 0.15) is 24.8 Å². The van der Waals surface area contributed by atoms with Gasteiger partial charge >= 0.3 is 0 Å². The first-order valence-corrected chi connectivity index (χ1v) is 11.7. The van der Waals surface area contributed by atoms with Crippen LogP contribution >= 0.6 is 0 Å². The number of halogens is 1. The summed E-state index contributed by atoms with van der Waals surface area (Å²) in [6.07, 6.45) is 2.03. The molecule has 0 bridgehead atoms. The molecule has 0 aromatic heterocycles. The zero-order chi connectivity index (χ0) is 21.6. The lowest BCUT2D eigenvalue weighted by atomic mass is 9.75. The van der Waals surface area contributed by atoms with Crippen LogP contribution in [0.5, 0.6) is 0 Å². The topological polar surface area (TPSA) is 54.4 Å². The number of fused-ring (bicyclic) bond motifs is 1. The summed E-state index contributed by atoms with van der Waals surface area (Å²) in [6.45, 7) is 0. The van der Waals surface area contributed by atoms with Crippen molar-refractivity contribution >= 4 is 20.6 Å². The van der Waals surface area contributed by atoms with E-state index in [1.165, 1.54) is 12.1 Å². The molecule has 0 saturated heterocycles. The molecule has 4 aromatic carbocycles. The van der Waals surface area contributed by atoms with Gasteiger partial charge in [-0.25, -0.2) is 12.8 Å². The molecular formula is C26H21FO3S. The summed E-state index contributed by atoms with van der Waals surface area (Å²) in [4.78, 5) is 0.365. The third-order valence-electron chi connectivity index (χ3n) is 6.16. The Kier molecular flexibility index (Phi) is 4.68. The Morgan fingerprint density at radius 3 is 2.13 bits per heavy atom. The average Bonchev–Trinajstić information content (AvgIpc) is 2.77. The highest BCUT2D eigenvalue weighted by molar-refractivity contribution is 7.91. The van der Waals surface area contributed by atoms with E-state index in [1.807, 2.05) is 18.2 Å². The summed E-state index contributed by atoms with van der Waals surface area (Å²) >= 11 is 0. The van der Waals surface area contributed by atoms with Crippen molar-refractivity contribution in [3.63, 3.8) is 0 Å². The van der Waals surface area contributed by atoms with Crippen LogP contribution in [0.2, 0.25) is 0 Å². The van der Waals surface area contributed by atoms with Crippen molar-refractivity contribution in [1.29, 1.82) is 0 Å². The Balaban J connectivity index is 1.56. The van der Waals surface area contributed by atoms with Crippen LogP contribution < -0.4 is 0 Å². The number of rotatable bonds is 4. The van der Waals surface area contributed by atoms with Gasteiger partial charge in [0.05, 0.1) is 15.4 Å². The smallest absolute Gasteiger partial charge is 0.206 e. The molecule has 0 heterocycles. The summed E-state index contributed by atoms with van der Waals surface area (Å²) < 4.78 is 40.1. The summed E-state index contributed by atoms with van der Waals surface area (Å²) in [6, 6.07) is 23.8. The van der Waals surface area contributed by atoms with Gasteiger partial charge in [0.2, 0.25) is 9.84 Å². The van der Waals surface area contributed by atoms with Gasteiger partial charge in [-0.2, -0.15) is 0 Å². The molecule has 5 heteroatoms. The molecule has 31 heavy (non-hydrogen) atoms. The Morgan fingerprint density at radius 2 is 1.42 bits per heavy atom. The molecule has 0 unspecified atom stereocenters. The first-order valence-electron chi connectivity index (χ1n) is 10.2. The number of hydrogen-bond acceptors (Lipinski definition) is 3. The Bertz CT molecular complexity index is 1390. The molecule has 0 atom stereocenters. The minimum atomic E-state index is -3.79. The Labute approximate surface area is 180 Å². The predicted molar refractivity (Wildman–Crippen MR) is 119 cm³/mol. The van der Waals surface area contributed by atoms with E-state index in [2.05, 4.69) is 0 Å². The van der Waals surface area contributed by atoms with Crippen molar-refractivity contribution in [3.8, 4) is 11.1 Å². The van der Waals surface area contributed by atoms with Crippen LogP contribution in [-0.2, 0) is 15.4 Å². The number of sulfone groups is 1. The maximum Gasteiger partial charge on any atom is 0.206 e. The molecule has 1 fully saturated rings. The summed E-state index contributed by atoms with van der Waals surface area (Å²) in [5.74, 6) is -0.286. The fraction of sp³-hybridized carbons (Fsp3) is 0.154. The number of benzene rings is 4. The van der Waals surface area contributed by atoms with Crippen molar-refractivity contribution < 1.29 is 17.9 Å². The second-order valence-electron chi connectivity index (χ2n) is 8.12. The van der Waals surface area contributed by atoms with E-state index in [0.717, 1.165) is 28.3 Å². The molecule has 156 valence electrons. The molecule has 0 amide bonds. The van der Waals surface area contributed by atoms with E-state index in [-0.39, 0.29) is 15.6 Å². The van der Waals surface area contributed by atoms with Crippen molar-refractivity contribution in [2.24, 2.45) is 0 Å². The second-order valence-corrected chi connectivity index (χ2v) is 10.0. The first-order chi connectivity index (χ1) is 14.9. The number of aliphatic hydroxyl groups is 1. The van der Waals surface area contributed by atoms with Crippen LogP contribution in [0, 0.1) is 5.82 Å². The van der Waals surface area contributed by atoms with Gasteiger partial charge in [-0.1, -0.05) is 48.5 Å². The van der Waals surface area contributed by atoms with Crippen LogP contribution in [0.25, 0.3) is 21.9 Å². The third-order valence-corrected chi connectivity index (χ3v) is 7.97. The van der Waals surface area contributed by atoms with Gasteiger partial charge in [-0.3, -0.25) is 0 Å². The van der Waals surface area contributed by atoms with E-state index < -0.39 is 15.4 Å². The van der Waals surface area contributed by atoms with E-state index >= 15 is 0 Å². The van der Waals surface area contributed by atoms with Gasteiger partial charge in [0.1, 0.15) is 5.82 Å². The summed E-state index contributed by atoms with van der Waals surface area (Å²) in [7, 11) is -3.79. The highest BCUT2D eigenvalue weighted by Crippen LogP contribution is 2.44. The van der Waals surface area contributed by atoms with E-state index in [1.54, 1.807) is 54.6 Å².